The molecule has 1 amide bonds. The summed E-state index contributed by atoms with van der Waals surface area (Å²) >= 11 is 0. The Morgan fingerprint density at radius 1 is 1.26 bits per heavy atom. The number of nitrogens with zero attached hydrogens (tertiary/aromatic N) is 5. The van der Waals surface area contributed by atoms with Crippen molar-refractivity contribution in [1.29, 1.82) is 0 Å². The Hall–Kier alpha value is -3.41. The predicted octanol–water partition coefficient (Wildman–Crippen LogP) is 2.67. The highest BCUT2D eigenvalue weighted by Gasteiger charge is 2.48. The van der Waals surface area contributed by atoms with Gasteiger partial charge in [-0.15, -0.1) is 10.2 Å². The zero-order valence-corrected chi connectivity index (χ0v) is 16.6. The normalized spacial score (nSPS) is 19.3. The maximum atomic E-state index is 12.8. The number of benzene rings is 1. The number of carbonyl (C=O) groups excluding carboxylic acids is 1. The Morgan fingerprint density at radius 3 is 2.58 bits per heavy atom. The van der Waals surface area contributed by atoms with Crippen LogP contribution in [0.2, 0.25) is 0 Å². The number of aliphatic hydroxyl groups excluding tert-OH is 1. The third kappa shape index (κ3) is 3.74. The van der Waals surface area contributed by atoms with Gasteiger partial charge in [0.25, 0.3) is 5.89 Å². The van der Waals surface area contributed by atoms with Crippen LogP contribution >= 0.6 is 0 Å². The molecule has 4 rings (SSSR count). The fourth-order valence-electron chi connectivity index (χ4n) is 3.42. The molecule has 3 heterocycles. The molecule has 164 valence electrons. The molecule has 0 radical (unpaired) electrons. The topological polar surface area (TPSA) is 109 Å². The summed E-state index contributed by atoms with van der Waals surface area (Å²) in [5.41, 5.74) is -0.984. The maximum absolute atomic E-state index is 12.8. The molecule has 1 fully saturated rings. The number of amides is 1. The quantitative estimate of drug-likeness (QED) is 0.633. The molecular formula is C19H19F3N6O3. The van der Waals surface area contributed by atoms with Crippen molar-refractivity contribution in [2.24, 2.45) is 7.05 Å². The summed E-state index contributed by atoms with van der Waals surface area (Å²) in [6, 6.07) is 4.52. The fourth-order valence-corrected chi connectivity index (χ4v) is 3.42. The lowest BCUT2D eigenvalue weighted by Gasteiger charge is -2.18. The maximum Gasteiger partial charge on any atom is 0.416 e. The van der Waals surface area contributed by atoms with Crippen molar-refractivity contribution in [3.8, 4) is 11.5 Å². The number of hydrogen-bond donors (Lipinski definition) is 2. The van der Waals surface area contributed by atoms with Crippen molar-refractivity contribution in [3.63, 3.8) is 0 Å². The first kappa shape index (κ1) is 20.8. The number of aryl methyl sites for hydroxylation is 1. The third-order valence-corrected chi connectivity index (χ3v) is 5.24. The lowest BCUT2D eigenvalue weighted by atomic mass is 9.89. The molecule has 3 aromatic rings. The monoisotopic (exact) mass is 436 g/mol. The van der Waals surface area contributed by atoms with Crippen LogP contribution in [0.3, 0.4) is 0 Å². The van der Waals surface area contributed by atoms with Crippen LogP contribution < -0.4 is 5.32 Å². The molecule has 1 atom stereocenters. The van der Waals surface area contributed by atoms with Gasteiger partial charge in [0.2, 0.25) is 11.8 Å². The van der Waals surface area contributed by atoms with E-state index in [1.807, 2.05) is 0 Å². The van der Waals surface area contributed by atoms with E-state index in [1.54, 1.807) is 20.2 Å². The largest absolute Gasteiger partial charge is 0.419 e. The zero-order chi connectivity index (χ0) is 22.4. The first-order chi connectivity index (χ1) is 14.6. The van der Waals surface area contributed by atoms with Crippen LogP contribution in [0, 0.1) is 0 Å². The lowest BCUT2D eigenvalue weighted by molar-refractivity contribution is -0.137. The molecule has 1 aromatic carbocycles. The molecule has 31 heavy (non-hydrogen) atoms. The van der Waals surface area contributed by atoms with Gasteiger partial charge >= 0.3 is 6.18 Å². The van der Waals surface area contributed by atoms with Gasteiger partial charge in [-0.25, -0.2) is 0 Å². The minimum absolute atomic E-state index is 0.106. The molecule has 2 aromatic heterocycles. The Balaban J connectivity index is 1.61. The molecule has 0 spiro atoms. The van der Waals surface area contributed by atoms with Gasteiger partial charge in [0.1, 0.15) is 17.7 Å². The molecule has 0 aliphatic carbocycles. The van der Waals surface area contributed by atoms with Crippen LogP contribution in [-0.4, -0.2) is 49.2 Å². The molecule has 1 saturated heterocycles. The standard InChI is InChI=1S/C19H19F3N6O3/c1-18(7-8-28(10-29)17(18)30)16-25-24-15(31-16)13-9-27(2)26-14(13)23-12-5-3-11(4-6-12)19(20,21)22/h3-6,9,29H,7-8,10H2,1-2H3,(H,23,26)/t18-/m1/s1. The number of aliphatic hydroxyl groups is 1. The van der Waals surface area contributed by atoms with E-state index >= 15 is 0 Å². The molecule has 0 bridgehead atoms. The molecule has 0 unspecified atom stereocenters. The molecule has 0 saturated carbocycles. The number of hydrogen-bond acceptors (Lipinski definition) is 7. The Labute approximate surface area is 174 Å². The first-order valence-electron chi connectivity index (χ1n) is 9.34. The summed E-state index contributed by atoms with van der Waals surface area (Å²) in [6.45, 7) is 1.66. The summed E-state index contributed by atoms with van der Waals surface area (Å²) in [4.78, 5) is 13.8. The van der Waals surface area contributed by atoms with Crippen LogP contribution in [0.4, 0.5) is 24.7 Å². The second kappa shape index (κ2) is 7.38. The number of aromatic nitrogens is 4. The predicted molar refractivity (Wildman–Crippen MR) is 102 cm³/mol. The minimum atomic E-state index is -4.42. The highest BCUT2D eigenvalue weighted by Crippen LogP contribution is 2.37. The Morgan fingerprint density at radius 2 is 1.97 bits per heavy atom. The van der Waals surface area contributed by atoms with Crippen LogP contribution in [0.15, 0.2) is 34.9 Å². The van der Waals surface area contributed by atoms with Gasteiger partial charge in [0, 0.05) is 25.5 Å². The number of likely N-dealkylation sites (tertiary alicyclic amines) is 1. The lowest BCUT2D eigenvalue weighted by Crippen LogP contribution is -2.36. The number of carbonyl (C=O) groups is 1. The first-order valence-corrected chi connectivity index (χ1v) is 9.34. The van der Waals surface area contributed by atoms with Crippen molar-refractivity contribution in [2.45, 2.75) is 24.9 Å². The van der Waals surface area contributed by atoms with E-state index in [-0.39, 0.29) is 24.4 Å². The summed E-state index contributed by atoms with van der Waals surface area (Å²) < 4.78 is 45.6. The summed E-state index contributed by atoms with van der Waals surface area (Å²) in [5.74, 6) is 0.221. The van der Waals surface area contributed by atoms with E-state index in [9.17, 15) is 23.1 Å². The second-order valence-electron chi connectivity index (χ2n) is 7.47. The van der Waals surface area contributed by atoms with Crippen molar-refractivity contribution >= 4 is 17.4 Å². The number of halogens is 3. The third-order valence-electron chi connectivity index (χ3n) is 5.24. The van der Waals surface area contributed by atoms with Crippen LogP contribution in [0.5, 0.6) is 0 Å². The molecule has 1 aliphatic rings. The van der Waals surface area contributed by atoms with E-state index < -0.39 is 17.2 Å². The average molecular weight is 436 g/mol. The van der Waals surface area contributed by atoms with E-state index in [2.05, 4.69) is 20.6 Å². The van der Waals surface area contributed by atoms with Crippen molar-refractivity contribution in [3.05, 3.63) is 41.9 Å². The zero-order valence-electron chi connectivity index (χ0n) is 16.6. The average Bonchev–Trinajstić information content (AvgIpc) is 3.41. The van der Waals surface area contributed by atoms with E-state index in [4.69, 9.17) is 4.42 Å². The molecule has 1 aliphatic heterocycles. The van der Waals surface area contributed by atoms with E-state index in [0.29, 0.717) is 30.0 Å². The van der Waals surface area contributed by atoms with Gasteiger partial charge in [-0.3, -0.25) is 9.48 Å². The molecule has 2 N–H and O–H groups in total. The summed E-state index contributed by atoms with van der Waals surface area (Å²) in [7, 11) is 1.67. The van der Waals surface area contributed by atoms with Gasteiger partial charge < -0.3 is 19.7 Å². The summed E-state index contributed by atoms with van der Waals surface area (Å²) in [5, 5.41) is 24.6. The number of nitrogens with one attached hydrogen (secondary N) is 1. The van der Waals surface area contributed by atoms with E-state index in [0.717, 1.165) is 12.1 Å². The van der Waals surface area contributed by atoms with Crippen molar-refractivity contribution in [1.82, 2.24) is 24.9 Å². The van der Waals surface area contributed by atoms with Gasteiger partial charge in [0.15, 0.2) is 5.82 Å². The summed E-state index contributed by atoms with van der Waals surface area (Å²) in [6.07, 6.45) is -2.39. The smallest absolute Gasteiger partial charge is 0.416 e. The minimum Gasteiger partial charge on any atom is -0.419 e. The van der Waals surface area contributed by atoms with Gasteiger partial charge in [-0.05, 0) is 37.6 Å². The molecule has 9 nitrogen and oxygen atoms in total. The fraction of sp³-hybridized carbons (Fsp3) is 0.368. The SMILES string of the molecule is Cn1cc(-c2nnc([C@@]3(C)CCN(CO)C3=O)o2)c(Nc2ccc(C(F)(F)F)cc2)n1. The second-order valence-corrected chi connectivity index (χ2v) is 7.47. The van der Waals surface area contributed by atoms with Gasteiger partial charge in [-0.2, -0.15) is 18.3 Å². The van der Waals surface area contributed by atoms with Crippen LogP contribution in [0.1, 0.15) is 24.8 Å². The van der Waals surface area contributed by atoms with Crippen LogP contribution in [-0.2, 0) is 23.4 Å². The number of anilines is 2. The Bertz CT molecular complexity index is 1110. The highest BCUT2D eigenvalue weighted by molar-refractivity contribution is 5.88. The highest BCUT2D eigenvalue weighted by atomic mass is 19.4. The number of rotatable bonds is 5. The van der Waals surface area contributed by atoms with Gasteiger partial charge in [0.05, 0.1) is 5.56 Å². The number of alkyl halides is 3. The van der Waals surface area contributed by atoms with Crippen molar-refractivity contribution in [2.75, 3.05) is 18.6 Å². The van der Waals surface area contributed by atoms with Crippen LogP contribution in [0.25, 0.3) is 11.5 Å². The van der Waals surface area contributed by atoms with Gasteiger partial charge in [-0.1, -0.05) is 0 Å². The Kier molecular flexibility index (Phi) is 4.96. The van der Waals surface area contributed by atoms with Crippen molar-refractivity contribution < 1.29 is 27.5 Å². The molecule has 12 heteroatoms. The van der Waals surface area contributed by atoms with E-state index in [1.165, 1.54) is 21.7 Å². The molecular weight excluding hydrogens is 417 g/mol.